The van der Waals surface area contributed by atoms with Crippen LogP contribution in [0, 0.1) is 0 Å². The van der Waals surface area contributed by atoms with Crippen molar-refractivity contribution in [3.05, 3.63) is 59.2 Å². The summed E-state index contributed by atoms with van der Waals surface area (Å²) in [5, 5.41) is 0. The Morgan fingerprint density at radius 2 is 2.00 bits per heavy atom. The molecule has 2 aromatic rings. The lowest BCUT2D eigenvalue weighted by Crippen LogP contribution is -2.15. The number of aryl methyl sites for hydroxylation is 1. The highest BCUT2D eigenvalue weighted by molar-refractivity contribution is 6.16. The van der Waals surface area contributed by atoms with Gasteiger partial charge in [0.25, 0.3) is 0 Å². The average molecular weight is 259 g/mol. The molecule has 0 aliphatic heterocycles. The molecule has 0 N–H and O–H groups in total. The van der Waals surface area contributed by atoms with Crippen molar-refractivity contribution in [3.8, 4) is 0 Å². The molecule has 0 amide bonds. The molecule has 1 aliphatic carbocycles. The van der Waals surface area contributed by atoms with Crippen LogP contribution in [0.3, 0.4) is 0 Å². The van der Waals surface area contributed by atoms with Crippen molar-refractivity contribution < 1.29 is 0 Å². The molecule has 0 radical (unpaired) electrons. The van der Waals surface area contributed by atoms with Crippen LogP contribution >= 0.6 is 11.6 Å². The third-order valence-corrected chi connectivity index (χ3v) is 3.85. The van der Waals surface area contributed by atoms with Gasteiger partial charge in [-0.3, -0.25) is 0 Å². The zero-order valence-electron chi connectivity index (χ0n) is 10.1. The van der Waals surface area contributed by atoms with Crippen molar-refractivity contribution in [2.45, 2.75) is 31.1 Å². The van der Waals surface area contributed by atoms with Crippen molar-refractivity contribution in [1.82, 2.24) is 9.97 Å². The first-order valence-corrected chi connectivity index (χ1v) is 6.85. The van der Waals surface area contributed by atoms with Gasteiger partial charge in [0.2, 0.25) is 0 Å². The zero-order valence-corrected chi connectivity index (χ0v) is 10.9. The molecule has 1 aromatic carbocycles. The number of benzene rings is 1. The number of fused-ring (bicyclic) bond motifs is 1. The SMILES string of the molecule is ClCc1ccnc(C2CCc3ccccc3C2)n1. The normalized spacial score (nSPS) is 18.4. The second-order valence-electron chi connectivity index (χ2n) is 4.75. The molecule has 3 heteroatoms. The van der Waals surface area contributed by atoms with Crippen LogP contribution in [0.15, 0.2) is 36.5 Å². The van der Waals surface area contributed by atoms with Gasteiger partial charge in [-0.05, 0) is 36.5 Å². The predicted molar refractivity (Wildman–Crippen MR) is 72.8 cm³/mol. The van der Waals surface area contributed by atoms with E-state index in [1.54, 1.807) is 0 Å². The van der Waals surface area contributed by atoms with Crippen molar-refractivity contribution in [2.75, 3.05) is 0 Å². The van der Waals surface area contributed by atoms with Crippen LogP contribution in [0.1, 0.15) is 35.0 Å². The largest absolute Gasteiger partial charge is 0.241 e. The lowest BCUT2D eigenvalue weighted by atomic mass is 9.83. The van der Waals surface area contributed by atoms with E-state index in [9.17, 15) is 0 Å². The first kappa shape index (κ1) is 11.7. The number of nitrogens with zero attached hydrogens (tertiary/aromatic N) is 2. The highest BCUT2D eigenvalue weighted by Gasteiger charge is 2.21. The van der Waals surface area contributed by atoms with Gasteiger partial charge in [0.15, 0.2) is 0 Å². The molecule has 3 rings (SSSR count). The molecular formula is C15H15ClN2. The first-order valence-electron chi connectivity index (χ1n) is 6.31. The molecule has 1 heterocycles. The Morgan fingerprint density at radius 1 is 1.17 bits per heavy atom. The summed E-state index contributed by atoms with van der Waals surface area (Å²) in [6.07, 6.45) is 5.11. The topological polar surface area (TPSA) is 25.8 Å². The zero-order chi connectivity index (χ0) is 12.4. The number of hydrogen-bond donors (Lipinski definition) is 0. The highest BCUT2D eigenvalue weighted by atomic mass is 35.5. The van der Waals surface area contributed by atoms with E-state index in [1.165, 1.54) is 11.1 Å². The molecule has 18 heavy (non-hydrogen) atoms. The Kier molecular flexibility index (Phi) is 3.28. The van der Waals surface area contributed by atoms with Gasteiger partial charge < -0.3 is 0 Å². The van der Waals surface area contributed by atoms with Gasteiger partial charge in [-0.2, -0.15) is 0 Å². The minimum Gasteiger partial charge on any atom is -0.241 e. The first-order chi connectivity index (χ1) is 8.86. The Labute approximate surface area is 112 Å². The fraction of sp³-hybridized carbons (Fsp3) is 0.333. The lowest BCUT2D eigenvalue weighted by molar-refractivity contribution is 0.553. The molecule has 1 unspecified atom stereocenters. The monoisotopic (exact) mass is 258 g/mol. The van der Waals surface area contributed by atoms with Gasteiger partial charge >= 0.3 is 0 Å². The second kappa shape index (κ2) is 5.07. The van der Waals surface area contributed by atoms with Gasteiger partial charge in [-0.1, -0.05) is 24.3 Å². The Bertz CT molecular complexity index is 554. The molecule has 0 spiro atoms. The molecule has 0 bridgehead atoms. The van der Waals surface area contributed by atoms with Gasteiger partial charge in [-0.15, -0.1) is 11.6 Å². The molecule has 1 aliphatic rings. The Balaban J connectivity index is 1.87. The highest BCUT2D eigenvalue weighted by Crippen LogP contribution is 2.30. The van der Waals surface area contributed by atoms with Gasteiger partial charge in [0.1, 0.15) is 5.82 Å². The summed E-state index contributed by atoms with van der Waals surface area (Å²) in [4.78, 5) is 8.96. The van der Waals surface area contributed by atoms with E-state index in [4.69, 9.17) is 11.6 Å². The predicted octanol–water partition coefficient (Wildman–Crippen LogP) is 3.49. The minimum atomic E-state index is 0.433. The van der Waals surface area contributed by atoms with Crippen molar-refractivity contribution in [1.29, 1.82) is 0 Å². The minimum absolute atomic E-state index is 0.433. The fourth-order valence-electron chi connectivity index (χ4n) is 2.60. The average Bonchev–Trinajstić information content (AvgIpc) is 2.47. The van der Waals surface area contributed by atoms with Crippen LogP contribution in [0.4, 0.5) is 0 Å². The standard InChI is InChI=1S/C15H15ClN2/c16-10-14-7-8-17-15(18-14)13-6-5-11-3-1-2-4-12(11)9-13/h1-4,7-8,13H,5-6,9-10H2. The molecule has 1 atom stereocenters. The van der Waals surface area contributed by atoms with Crippen molar-refractivity contribution in [2.24, 2.45) is 0 Å². The van der Waals surface area contributed by atoms with Gasteiger partial charge in [-0.25, -0.2) is 9.97 Å². The van der Waals surface area contributed by atoms with Crippen LogP contribution in [0.2, 0.25) is 0 Å². The maximum atomic E-state index is 5.83. The summed E-state index contributed by atoms with van der Waals surface area (Å²) in [6, 6.07) is 10.5. The number of hydrogen-bond acceptors (Lipinski definition) is 2. The van der Waals surface area contributed by atoms with Crippen LogP contribution < -0.4 is 0 Å². The van der Waals surface area contributed by atoms with Crippen molar-refractivity contribution in [3.63, 3.8) is 0 Å². The van der Waals surface area contributed by atoms with E-state index in [1.807, 2.05) is 12.3 Å². The number of alkyl halides is 1. The lowest BCUT2D eigenvalue weighted by Gasteiger charge is -2.23. The van der Waals surface area contributed by atoms with Crippen molar-refractivity contribution >= 4 is 11.6 Å². The second-order valence-corrected chi connectivity index (χ2v) is 5.02. The van der Waals surface area contributed by atoms with E-state index in [0.717, 1.165) is 30.8 Å². The maximum Gasteiger partial charge on any atom is 0.131 e. The van der Waals surface area contributed by atoms with E-state index >= 15 is 0 Å². The molecule has 92 valence electrons. The van der Waals surface area contributed by atoms with Gasteiger partial charge in [0, 0.05) is 12.1 Å². The van der Waals surface area contributed by atoms with Crippen LogP contribution in [0.5, 0.6) is 0 Å². The summed E-state index contributed by atoms with van der Waals surface area (Å²) in [5.41, 5.74) is 3.83. The van der Waals surface area contributed by atoms with E-state index in [0.29, 0.717) is 11.8 Å². The number of aromatic nitrogens is 2. The Morgan fingerprint density at radius 3 is 2.83 bits per heavy atom. The van der Waals surface area contributed by atoms with E-state index in [2.05, 4.69) is 34.2 Å². The number of rotatable bonds is 2. The molecule has 0 fully saturated rings. The smallest absolute Gasteiger partial charge is 0.131 e. The molecule has 0 saturated carbocycles. The summed E-state index contributed by atoms with van der Waals surface area (Å²) in [7, 11) is 0. The molecule has 0 saturated heterocycles. The molecular weight excluding hydrogens is 244 g/mol. The summed E-state index contributed by atoms with van der Waals surface area (Å²) < 4.78 is 0. The van der Waals surface area contributed by atoms with Crippen LogP contribution in [-0.4, -0.2) is 9.97 Å². The quantitative estimate of drug-likeness (QED) is 0.771. The van der Waals surface area contributed by atoms with E-state index in [-0.39, 0.29) is 0 Å². The third kappa shape index (κ3) is 2.25. The summed E-state index contributed by atoms with van der Waals surface area (Å²) in [5.74, 6) is 1.84. The fourth-order valence-corrected chi connectivity index (χ4v) is 2.75. The molecule has 2 nitrogen and oxygen atoms in total. The van der Waals surface area contributed by atoms with E-state index < -0.39 is 0 Å². The Hall–Kier alpha value is -1.41. The third-order valence-electron chi connectivity index (χ3n) is 3.58. The summed E-state index contributed by atoms with van der Waals surface area (Å²) in [6.45, 7) is 0. The van der Waals surface area contributed by atoms with Crippen LogP contribution in [-0.2, 0) is 18.7 Å². The van der Waals surface area contributed by atoms with Gasteiger partial charge in [0.05, 0.1) is 11.6 Å². The molecule has 1 aromatic heterocycles. The number of halogens is 1. The maximum absolute atomic E-state index is 5.83. The summed E-state index contributed by atoms with van der Waals surface area (Å²) >= 11 is 5.83. The van der Waals surface area contributed by atoms with Crippen LogP contribution in [0.25, 0.3) is 0 Å².